The van der Waals surface area contributed by atoms with E-state index in [1.54, 1.807) is 72.8 Å². The van der Waals surface area contributed by atoms with E-state index in [0.717, 1.165) is 0 Å². The summed E-state index contributed by atoms with van der Waals surface area (Å²) in [5, 5.41) is 19.3. The first-order chi connectivity index (χ1) is 15.0. The fourth-order valence-electron chi connectivity index (χ4n) is 2.79. The maximum Gasteiger partial charge on any atom is 0.142 e. The summed E-state index contributed by atoms with van der Waals surface area (Å²) in [5.74, 6) is 3.11. The molecular formula is C24H20N2O5. The van der Waals surface area contributed by atoms with Crippen LogP contribution in [-0.4, -0.2) is 10.2 Å². The van der Waals surface area contributed by atoms with Crippen LogP contribution in [0.25, 0.3) is 0 Å². The zero-order valence-electron chi connectivity index (χ0n) is 16.4. The molecule has 156 valence electrons. The van der Waals surface area contributed by atoms with Crippen molar-refractivity contribution in [3.05, 3.63) is 84.9 Å². The summed E-state index contributed by atoms with van der Waals surface area (Å²) in [6.07, 6.45) is 0. The number of rotatable bonds is 6. The molecular weight excluding hydrogens is 396 g/mol. The molecule has 0 aliphatic heterocycles. The van der Waals surface area contributed by atoms with Crippen LogP contribution in [0.4, 0.5) is 11.4 Å². The van der Waals surface area contributed by atoms with E-state index >= 15 is 0 Å². The molecule has 6 N–H and O–H groups in total. The number of anilines is 2. The molecule has 0 spiro atoms. The van der Waals surface area contributed by atoms with Crippen LogP contribution in [0.1, 0.15) is 0 Å². The van der Waals surface area contributed by atoms with Crippen molar-refractivity contribution in [3.8, 4) is 46.0 Å². The summed E-state index contributed by atoms with van der Waals surface area (Å²) >= 11 is 0. The van der Waals surface area contributed by atoms with Crippen molar-refractivity contribution in [2.24, 2.45) is 0 Å². The SMILES string of the molecule is Nc1cc(Oc2cccc(Oc3cccc(Oc4ccc(N)c(O)c4)c3)c2)ccc1O. The lowest BCUT2D eigenvalue weighted by Gasteiger charge is -2.11. The zero-order chi connectivity index (χ0) is 21.8. The highest BCUT2D eigenvalue weighted by Gasteiger charge is 2.06. The van der Waals surface area contributed by atoms with E-state index in [4.69, 9.17) is 25.7 Å². The summed E-state index contributed by atoms with van der Waals surface area (Å²) in [6.45, 7) is 0. The van der Waals surface area contributed by atoms with Gasteiger partial charge in [0.1, 0.15) is 46.0 Å². The van der Waals surface area contributed by atoms with Crippen LogP contribution in [0.3, 0.4) is 0 Å². The number of nitrogens with two attached hydrogens (primary N) is 2. The smallest absolute Gasteiger partial charge is 0.142 e. The predicted molar refractivity (Wildman–Crippen MR) is 118 cm³/mol. The van der Waals surface area contributed by atoms with E-state index in [1.807, 2.05) is 0 Å². The quantitative estimate of drug-likeness (QED) is 0.237. The number of ether oxygens (including phenoxy) is 3. The largest absolute Gasteiger partial charge is 0.506 e. The molecule has 0 heterocycles. The second kappa shape index (κ2) is 8.46. The van der Waals surface area contributed by atoms with Crippen LogP contribution < -0.4 is 25.7 Å². The van der Waals surface area contributed by atoms with Gasteiger partial charge in [-0.15, -0.1) is 0 Å². The molecule has 0 amide bonds. The van der Waals surface area contributed by atoms with Crippen molar-refractivity contribution < 1.29 is 24.4 Å². The highest BCUT2D eigenvalue weighted by Crippen LogP contribution is 2.34. The van der Waals surface area contributed by atoms with Gasteiger partial charge in [0, 0.05) is 24.3 Å². The van der Waals surface area contributed by atoms with E-state index in [0.29, 0.717) is 34.5 Å². The molecule has 0 aromatic heterocycles. The third-order valence-electron chi connectivity index (χ3n) is 4.32. The maximum absolute atomic E-state index is 9.73. The molecule has 0 unspecified atom stereocenters. The Labute approximate surface area is 178 Å². The normalized spacial score (nSPS) is 10.5. The van der Waals surface area contributed by atoms with Crippen LogP contribution in [0.2, 0.25) is 0 Å². The van der Waals surface area contributed by atoms with Gasteiger partial charge in [-0.2, -0.15) is 0 Å². The van der Waals surface area contributed by atoms with Crippen LogP contribution >= 0.6 is 0 Å². The van der Waals surface area contributed by atoms with Crippen molar-refractivity contribution in [1.29, 1.82) is 0 Å². The first-order valence-electron chi connectivity index (χ1n) is 9.37. The number of phenolic OH excluding ortho intramolecular Hbond substituents is 2. The minimum atomic E-state index is -0.0443. The Bertz CT molecular complexity index is 1130. The van der Waals surface area contributed by atoms with E-state index in [2.05, 4.69) is 0 Å². The van der Waals surface area contributed by atoms with Crippen LogP contribution in [-0.2, 0) is 0 Å². The van der Waals surface area contributed by atoms with E-state index in [9.17, 15) is 10.2 Å². The number of benzene rings is 4. The molecule has 0 aliphatic carbocycles. The molecule has 0 atom stereocenters. The van der Waals surface area contributed by atoms with Gasteiger partial charge < -0.3 is 35.9 Å². The average Bonchev–Trinajstić information content (AvgIpc) is 2.74. The Hall–Kier alpha value is -4.52. The third kappa shape index (κ3) is 4.91. The van der Waals surface area contributed by atoms with Gasteiger partial charge >= 0.3 is 0 Å². The van der Waals surface area contributed by atoms with Gasteiger partial charge in [-0.05, 0) is 48.5 Å². The lowest BCUT2D eigenvalue weighted by atomic mass is 10.2. The van der Waals surface area contributed by atoms with Crippen molar-refractivity contribution in [2.45, 2.75) is 0 Å². The van der Waals surface area contributed by atoms with Gasteiger partial charge in [-0.25, -0.2) is 0 Å². The number of hydrogen-bond acceptors (Lipinski definition) is 7. The van der Waals surface area contributed by atoms with E-state index < -0.39 is 0 Å². The Kier molecular flexibility index (Phi) is 5.40. The van der Waals surface area contributed by atoms with Crippen molar-refractivity contribution in [3.63, 3.8) is 0 Å². The number of hydrogen-bond donors (Lipinski definition) is 4. The Morgan fingerprint density at radius 1 is 0.452 bits per heavy atom. The highest BCUT2D eigenvalue weighted by molar-refractivity contribution is 5.56. The molecule has 0 radical (unpaired) electrons. The van der Waals surface area contributed by atoms with E-state index in [1.165, 1.54) is 12.1 Å². The molecule has 4 aromatic carbocycles. The monoisotopic (exact) mass is 416 g/mol. The van der Waals surface area contributed by atoms with Gasteiger partial charge in [0.15, 0.2) is 0 Å². The van der Waals surface area contributed by atoms with Crippen molar-refractivity contribution >= 4 is 11.4 Å². The van der Waals surface area contributed by atoms with Crippen molar-refractivity contribution in [2.75, 3.05) is 11.5 Å². The zero-order valence-corrected chi connectivity index (χ0v) is 16.4. The Morgan fingerprint density at radius 2 is 0.903 bits per heavy atom. The van der Waals surface area contributed by atoms with Crippen molar-refractivity contribution in [1.82, 2.24) is 0 Å². The second-order valence-corrected chi connectivity index (χ2v) is 6.70. The molecule has 7 heteroatoms. The molecule has 7 nitrogen and oxygen atoms in total. The molecule has 4 aromatic rings. The molecule has 0 fully saturated rings. The topological polar surface area (TPSA) is 120 Å². The summed E-state index contributed by atoms with van der Waals surface area (Å²) < 4.78 is 17.5. The van der Waals surface area contributed by atoms with Gasteiger partial charge in [0.2, 0.25) is 0 Å². The third-order valence-corrected chi connectivity index (χ3v) is 4.32. The molecule has 31 heavy (non-hydrogen) atoms. The molecule has 0 saturated carbocycles. The standard InChI is InChI=1S/C24H20N2O5/c25-21-9-7-20(14-24(21)28)31-18-6-2-4-16(12-18)29-15-3-1-5-17(11-15)30-19-8-10-23(27)22(26)13-19/h1-14,27-28H,25-26H2. The lowest BCUT2D eigenvalue weighted by molar-refractivity contribution is 0.445. The van der Waals surface area contributed by atoms with Crippen LogP contribution in [0.5, 0.6) is 46.0 Å². The van der Waals surface area contributed by atoms with Gasteiger partial charge in [-0.3, -0.25) is 0 Å². The first-order valence-corrected chi connectivity index (χ1v) is 9.37. The molecule has 0 aliphatic rings. The van der Waals surface area contributed by atoms with Gasteiger partial charge in [0.05, 0.1) is 11.4 Å². The number of aromatic hydroxyl groups is 2. The first kappa shape index (κ1) is 19.8. The Morgan fingerprint density at radius 3 is 1.39 bits per heavy atom. The minimum absolute atomic E-state index is 0.000665. The number of nitrogen functional groups attached to an aromatic ring is 2. The predicted octanol–water partition coefficient (Wildman–Crippen LogP) is 5.64. The fourth-order valence-corrected chi connectivity index (χ4v) is 2.79. The minimum Gasteiger partial charge on any atom is -0.506 e. The highest BCUT2D eigenvalue weighted by atomic mass is 16.5. The summed E-state index contributed by atoms with van der Waals surface area (Å²) in [4.78, 5) is 0. The maximum atomic E-state index is 9.73. The number of phenols is 2. The van der Waals surface area contributed by atoms with Crippen LogP contribution in [0.15, 0.2) is 84.9 Å². The fraction of sp³-hybridized carbons (Fsp3) is 0. The molecule has 0 saturated heterocycles. The summed E-state index contributed by atoms with van der Waals surface area (Å²) in [6, 6.07) is 23.5. The van der Waals surface area contributed by atoms with E-state index in [-0.39, 0.29) is 22.9 Å². The Balaban J connectivity index is 1.47. The molecule has 4 rings (SSSR count). The second-order valence-electron chi connectivity index (χ2n) is 6.70. The lowest BCUT2D eigenvalue weighted by Crippen LogP contribution is -1.90. The molecule has 0 bridgehead atoms. The summed E-state index contributed by atoms with van der Waals surface area (Å²) in [7, 11) is 0. The average molecular weight is 416 g/mol. The van der Waals surface area contributed by atoms with Gasteiger partial charge in [0.25, 0.3) is 0 Å². The van der Waals surface area contributed by atoms with Crippen LogP contribution in [0, 0.1) is 0 Å². The van der Waals surface area contributed by atoms with Gasteiger partial charge in [-0.1, -0.05) is 12.1 Å². The summed E-state index contributed by atoms with van der Waals surface area (Å²) in [5.41, 5.74) is 11.8.